The molecule has 4 heterocycles. The molecule has 6 aromatic carbocycles. The fourth-order valence-electron chi connectivity index (χ4n) is 7.06. The van der Waals surface area contributed by atoms with Crippen molar-refractivity contribution in [1.82, 2.24) is 19.5 Å². The second-order valence-electron chi connectivity index (χ2n) is 13.4. The molecule has 0 bridgehead atoms. The Labute approximate surface area is 354 Å². The van der Waals surface area contributed by atoms with E-state index in [1.54, 1.807) is 29.5 Å². The molecule has 0 aliphatic carbocycles. The minimum atomic E-state index is -2.09. The summed E-state index contributed by atoms with van der Waals surface area (Å²) < 4.78 is 25.2. The van der Waals surface area contributed by atoms with E-state index in [4.69, 9.17) is 9.10 Å². The largest absolute Gasteiger partial charge is 0.332 e. The Hall–Kier alpha value is -6.30. The second kappa shape index (κ2) is 16.8. The van der Waals surface area contributed by atoms with Gasteiger partial charge in [-0.15, -0.1) is 41.3 Å². The molecule has 277 valence electrons. The van der Waals surface area contributed by atoms with Gasteiger partial charge in [0.05, 0.1) is 22.5 Å². The Morgan fingerprint density at radius 2 is 1.37 bits per heavy atom. The Morgan fingerprint density at radius 3 is 2.05 bits per heavy atom. The van der Waals surface area contributed by atoms with Crippen molar-refractivity contribution < 1.29 is 24.2 Å². The third kappa shape index (κ3) is 7.76. The van der Waals surface area contributed by atoms with E-state index in [2.05, 4.69) is 159 Å². The Balaban J connectivity index is 0.000000248. The third-order valence-electron chi connectivity index (χ3n) is 9.70. The van der Waals surface area contributed by atoms with Crippen LogP contribution in [0.25, 0.3) is 82.8 Å². The summed E-state index contributed by atoms with van der Waals surface area (Å²) in [6.07, 6.45) is 3.27. The maximum Gasteiger partial charge on any atom is 0.0774 e. The SMILES string of the molecule is Cc1cc(-c2ccc3s[c-]c(-c4nc5ccccc5n4-c4c(-c5ccccc5)cccc4-c4ccccc4)c3c2)ccn1.[2H]C([2H])([2H])c1ccc(-c2[c-]cccc2)nc1.[Ir]. The van der Waals surface area contributed by atoms with Gasteiger partial charge >= 0.3 is 0 Å². The van der Waals surface area contributed by atoms with E-state index in [1.807, 2.05) is 31.3 Å². The van der Waals surface area contributed by atoms with E-state index >= 15 is 0 Å². The van der Waals surface area contributed by atoms with Crippen molar-refractivity contribution in [3.05, 3.63) is 205 Å². The van der Waals surface area contributed by atoms with Crippen LogP contribution in [0.2, 0.25) is 0 Å². The van der Waals surface area contributed by atoms with Crippen LogP contribution in [0.3, 0.4) is 0 Å². The molecule has 4 nitrogen and oxygen atoms in total. The van der Waals surface area contributed by atoms with Gasteiger partial charge in [-0.1, -0.05) is 137 Å². The molecule has 4 aromatic heterocycles. The number of benzene rings is 6. The number of para-hydroxylation sites is 3. The van der Waals surface area contributed by atoms with Crippen molar-refractivity contribution in [3.8, 4) is 61.7 Å². The van der Waals surface area contributed by atoms with Crippen LogP contribution >= 0.6 is 11.3 Å². The average Bonchev–Trinajstić information content (AvgIpc) is 3.88. The monoisotopic (exact) mass is 932 g/mol. The fourth-order valence-corrected chi connectivity index (χ4v) is 7.88. The van der Waals surface area contributed by atoms with E-state index < -0.39 is 6.85 Å². The van der Waals surface area contributed by atoms with E-state index in [1.165, 1.54) is 10.9 Å². The van der Waals surface area contributed by atoms with Crippen molar-refractivity contribution in [2.24, 2.45) is 0 Å². The van der Waals surface area contributed by atoms with Crippen molar-refractivity contribution in [2.75, 3.05) is 0 Å². The van der Waals surface area contributed by atoms with Crippen LogP contribution in [-0.4, -0.2) is 19.5 Å². The summed E-state index contributed by atoms with van der Waals surface area (Å²) in [6.45, 7) is -0.0609. The van der Waals surface area contributed by atoms with Gasteiger partial charge in [-0.25, -0.2) is 0 Å². The zero-order valence-corrected chi connectivity index (χ0v) is 34.1. The first-order valence-electron chi connectivity index (χ1n) is 19.8. The standard InChI is InChI=1S/C39H26N3S.C12H10N.Ir/c1-26-23-30(21-22-40-26)29-19-20-37-33(24-29)34(25-43-37)39-41-35-17-8-9-18-36(35)42(39)38-31(27-11-4-2-5-12-27)15-10-16-32(38)28-13-6-3-7-14-28;1-10-7-8-12(13-9-10)11-5-3-2-4-6-11;/h2-24H,1H3;2-5,7-9H,1H3;/q2*-1;/i;1D3;. The molecule has 10 aromatic rings. The molecule has 0 aliphatic heterocycles. The number of rotatable bonds is 6. The molecule has 0 aliphatic rings. The van der Waals surface area contributed by atoms with Crippen LogP contribution in [0.5, 0.6) is 0 Å². The van der Waals surface area contributed by atoms with Crippen molar-refractivity contribution in [2.45, 2.75) is 13.8 Å². The predicted octanol–water partition coefficient (Wildman–Crippen LogP) is 13.3. The number of aromatic nitrogens is 4. The number of nitrogens with zero attached hydrogens (tertiary/aromatic N) is 4. The quantitative estimate of drug-likeness (QED) is 0.156. The number of fused-ring (bicyclic) bond motifs is 2. The predicted molar refractivity (Wildman–Crippen MR) is 233 cm³/mol. The molecule has 0 saturated carbocycles. The molecule has 0 saturated heterocycles. The van der Waals surface area contributed by atoms with Crippen LogP contribution < -0.4 is 0 Å². The summed E-state index contributed by atoms with van der Waals surface area (Å²) in [4.78, 5) is 13.8. The van der Waals surface area contributed by atoms with E-state index in [0.717, 1.165) is 83.8 Å². The Kier molecular flexibility index (Phi) is 10.0. The maximum atomic E-state index is 7.23. The number of aryl methyl sites for hydroxylation is 2. The molecular weight excluding hydrogens is 893 g/mol. The maximum absolute atomic E-state index is 7.23. The number of thiophene rings is 1. The molecular formula is C51H36IrN4S-2. The normalized spacial score (nSPS) is 11.8. The molecule has 0 fully saturated rings. The molecule has 0 unspecified atom stereocenters. The zero-order chi connectivity index (χ0) is 40.3. The van der Waals surface area contributed by atoms with Crippen LogP contribution in [0.1, 0.15) is 15.4 Å². The van der Waals surface area contributed by atoms with Gasteiger partial charge in [-0.05, 0) is 71.6 Å². The van der Waals surface area contributed by atoms with Gasteiger partial charge in [0.1, 0.15) is 0 Å². The molecule has 0 amide bonds. The van der Waals surface area contributed by atoms with E-state index in [-0.39, 0.29) is 25.7 Å². The summed E-state index contributed by atoms with van der Waals surface area (Å²) >= 11 is 1.64. The summed E-state index contributed by atoms with van der Waals surface area (Å²) in [5.74, 6) is 0.885. The molecule has 0 atom stereocenters. The summed E-state index contributed by atoms with van der Waals surface area (Å²) in [5, 5.41) is 4.80. The summed E-state index contributed by atoms with van der Waals surface area (Å²) in [6, 6.07) is 60.9. The first-order chi connectivity index (χ1) is 28.8. The molecule has 10 rings (SSSR count). The Morgan fingerprint density at radius 1 is 0.649 bits per heavy atom. The number of hydrogen-bond acceptors (Lipinski definition) is 4. The summed E-state index contributed by atoms with van der Waals surface area (Å²) in [5.41, 5.74) is 13.9. The molecule has 1 radical (unpaired) electrons. The topological polar surface area (TPSA) is 43.6 Å². The first-order valence-corrected chi connectivity index (χ1v) is 19.2. The zero-order valence-electron chi connectivity index (χ0n) is 33.9. The number of hydrogen-bond donors (Lipinski definition) is 0. The van der Waals surface area contributed by atoms with Crippen LogP contribution in [0.4, 0.5) is 0 Å². The van der Waals surface area contributed by atoms with E-state index in [0.29, 0.717) is 0 Å². The van der Waals surface area contributed by atoms with Gasteiger partial charge in [-0.3, -0.25) is 21.3 Å². The van der Waals surface area contributed by atoms with Gasteiger partial charge in [0, 0.05) is 53.4 Å². The van der Waals surface area contributed by atoms with Crippen molar-refractivity contribution >= 4 is 32.5 Å². The minimum absolute atomic E-state index is 0. The molecule has 6 heteroatoms. The molecule has 0 N–H and O–H groups in total. The summed E-state index contributed by atoms with van der Waals surface area (Å²) in [7, 11) is 0. The van der Waals surface area contributed by atoms with Gasteiger partial charge in [0.2, 0.25) is 0 Å². The van der Waals surface area contributed by atoms with E-state index in [9.17, 15) is 0 Å². The first kappa shape index (κ1) is 34.0. The number of imidazole rings is 1. The smallest absolute Gasteiger partial charge is 0.0774 e. The fraction of sp³-hybridized carbons (Fsp3) is 0.0392. The van der Waals surface area contributed by atoms with Gasteiger partial charge in [0.25, 0.3) is 0 Å². The van der Waals surface area contributed by atoms with Crippen molar-refractivity contribution in [3.63, 3.8) is 0 Å². The van der Waals surface area contributed by atoms with Gasteiger partial charge in [-0.2, -0.15) is 0 Å². The molecule has 0 spiro atoms. The van der Waals surface area contributed by atoms with Crippen molar-refractivity contribution in [1.29, 1.82) is 0 Å². The van der Waals surface area contributed by atoms with Gasteiger partial charge < -0.3 is 9.55 Å². The molecule has 57 heavy (non-hydrogen) atoms. The van der Waals surface area contributed by atoms with Crippen LogP contribution in [0.15, 0.2) is 182 Å². The minimum Gasteiger partial charge on any atom is -0.332 e. The van der Waals surface area contributed by atoms with Gasteiger partial charge in [0.15, 0.2) is 0 Å². The van der Waals surface area contributed by atoms with Crippen LogP contribution in [-0.2, 0) is 20.1 Å². The number of pyridine rings is 2. The average molecular weight is 932 g/mol. The van der Waals surface area contributed by atoms with Crippen LogP contribution in [0, 0.1) is 25.2 Å². The third-order valence-corrected chi connectivity index (χ3v) is 10.6. The Bertz CT molecular complexity index is 2980. The second-order valence-corrected chi connectivity index (χ2v) is 14.2.